The lowest BCUT2D eigenvalue weighted by Gasteiger charge is -2.05. The number of ether oxygens (including phenoxy) is 1. The number of hydrogen-bond donors (Lipinski definition) is 1. The van der Waals surface area contributed by atoms with Crippen LogP contribution in [0.15, 0.2) is 37.1 Å². The molecule has 1 aromatic carbocycles. The van der Waals surface area contributed by atoms with Crippen molar-refractivity contribution in [3.8, 4) is 6.01 Å². The molecule has 2 rings (SSSR count). The van der Waals surface area contributed by atoms with Crippen molar-refractivity contribution in [3.63, 3.8) is 0 Å². The Balaban J connectivity index is 2.32. The largest absolute Gasteiger partial charge is 0.464 e. The van der Waals surface area contributed by atoms with E-state index in [0.717, 1.165) is 10.9 Å². The van der Waals surface area contributed by atoms with Crippen molar-refractivity contribution in [2.24, 2.45) is 0 Å². The molecule has 2 aromatic rings. The Hall–Kier alpha value is -2.43. The summed E-state index contributed by atoms with van der Waals surface area (Å²) >= 11 is 0. The van der Waals surface area contributed by atoms with E-state index in [0.29, 0.717) is 18.3 Å². The first-order valence-electron chi connectivity index (χ1n) is 5.56. The summed E-state index contributed by atoms with van der Waals surface area (Å²) in [6, 6.07) is 5.73. The van der Waals surface area contributed by atoms with E-state index in [-0.39, 0.29) is 5.91 Å². The normalized spacial score (nSPS) is 10.1. The van der Waals surface area contributed by atoms with E-state index in [1.165, 1.54) is 6.08 Å². The summed E-state index contributed by atoms with van der Waals surface area (Å²) in [5.74, 6) is -0.249. The van der Waals surface area contributed by atoms with Crippen LogP contribution in [0.25, 0.3) is 10.9 Å². The fourth-order valence-electron chi connectivity index (χ4n) is 1.49. The van der Waals surface area contributed by atoms with E-state index in [2.05, 4.69) is 21.9 Å². The molecule has 0 saturated carbocycles. The molecule has 0 spiro atoms. The third-order valence-corrected chi connectivity index (χ3v) is 2.28. The smallest absolute Gasteiger partial charge is 0.316 e. The van der Waals surface area contributed by atoms with Crippen LogP contribution in [-0.4, -0.2) is 22.5 Å². The Morgan fingerprint density at radius 1 is 1.56 bits per heavy atom. The Kier molecular flexibility index (Phi) is 3.52. The Labute approximate surface area is 105 Å². The number of carbonyl (C=O) groups is 1. The van der Waals surface area contributed by atoms with Gasteiger partial charge in [-0.2, -0.15) is 4.98 Å². The molecule has 1 N–H and O–H groups in total. The molecule has 0 bridgehead atoms. The molecule has 92 valence electrons. The average molecular weight is 243 g/mol. The van der Waals surface area contributed by atoms with Crippen molar-refractivity contribution in [2.75, 3.05) is 11.9 Å². The molecule has 1 aromatic heterocycles. The van der Waals surface area contributed by atoms with E-state index in [1.54, 1.807) is 24.4 Å². The molecule has 1 amide bonds. The van der Waals surface area contributed by atoms with Crippen LogP contribution in [0.2, 0.25) is 0 Å². The number of aromatic nitrogens is 2. The summed E-state index contributed by atoms with van der Waals surface area (Å²) in [5.41, 5.74) is 1.45. The van der Waals surface area contributed by atoms with Crippen molar-refractivity contribution in [3.05, 3.63) is 37.1 Å². The highest BCUT2D eigenvalue weighted by Gasteiger charge is 2.03. The summed E-state index contributed by atoms with van der Waals surface area (Å²) in [5, 5.41) is 3.51. The van der Waals surface area contributed by atoms with Gasteiger partial charge >= 0.3 is 6.01 Å². The maximum absolute atomic E-state index is 11.2. The van der Waals surface area contributed by atoms with Gasteiger partial charge in [0.2, 0.25) is 5.91 Å². The van der Waals surface area contributed by atoms with Gasteiger partial charge in [-0.15, -0.1) is 0 Å². The monoisotopic (exact) mass is 243 g/mol. The lowest BCUT2D eigenvalue weighted by molar-refractivity contribution is -0.111. The second-order valence-electron chi connectivity index (χ2n) is 3.55. The number of fused-ring (bicyclic) bond motifs is 1. The molecule has 5 nitrogen and oxygen atoms in total. The zero-order valence-corrected chi connectivity index (χ0v) is 10.0. The molecular formula is C13H13N3O2. The third kappa shape index (κ3) is 2.63. The molecule has 0 unspecified atom stereocenters. The Bertz CT molecular complexity index is 596. The van der Waals surface area contributed by atoms with Gasteiger partial charge in [-0.05, 0) is 31.2 Å². The summed E-state index contributed by atoms with van der Waals surface area (Å²) in [7, 11) is 0. The Morgan fingerprint density at radius 3 is 3.11 bits per heavy atom. The van der Waals surface area contributed by atoms with Crippen molar-refractivity contribution in [1.29, 1.82) is 0 Å². The molecule has 0 aliphatic rings. The molecule has 18 heavy (non-hydrogen) atoms. The zero-order chi connectivity index (χ0) is 13.0. The number of rotatable bonds is 4. The first kappa shape index (κ1) is 12.0. The molecule has 1 heterocycles. The van der Waals surface area contributed by atoms with Crippen LogP contribution < -0.4 is 10.1 Å². The molecular weight excluding hydrogens is 230 g/mol. The highest BCUT2D eigenvalue weighted by molar-refractivity contribution is 6.00. The minimum Gasteiger partial charge on any atom is -0.464 e. The van der Waals surface area contributed by atoms with E-state index >= 15 is 0 Å². The number of benzene rings is 1. The minimum absolute atomic E-state index is 0.249. The molecule has 0 fully saturated rings. The lowest BCUT2D eigenvalue weighted by atomic mass is 10.2. The molecule has 0 saturated heterocycles. The van der Waals surface area contributed by atoms with Gasteiger partial charge in [0.15, 0.2) is 0 Å². The van der Waals surface area contributed by atoms with Crippen LogP contribution in [0, 0.1) is 0 Å². The first-order chi connectivity index (χ1) is 8.72. The van der Waals surface area contributed by atoms with Crippen LogP contribution in [0.1, 0.15) is 6.92 Å². The zero-order valence-electron chi connectivity index (χ0n) is 10.0. The van der Waals surface area contributed by atoms with E-state index in [1.807, 2.05) is 6.92 Å². The van der Waals surface area contributed by atoms with Crippen LogP contribution in [0.4, 0.5) is 5.69 Å². The number of amides is 1. The lowest BCUT2D eigenvalue weighted by Crippen LogP contribution is -2.07. The Morgan fingerprint density at radius 2 is 2.39 bits per heavy atom. The van der Waals surface area contributed by atoms with E-state index < -0.39 is 0 Å². The maximum atomic E-state index is 11.2. The predicted octanol–water partition coefficient (Wildman–Crippen LogP) is 2.15. The average Bonchev–Trinajstić information content (AvgIpc) is 2.39. The molecule has 5 heteroatoms. The fraction of sp³-hybridized carbons (Fsp3) is 0.154. The van der Waals surface area contributed by atoms with Gasteiger partial charge < -0.3 is 10.1 Å². The predicted molar refractivity (Wildman–Crippen MR) is 69.5 cm³/mol. The summed E-state index contributed by atoms with van der Waals surface area (Å²) < 4.78 is 5.22. The van der Waals surface area contributed by atoms with Crippen LogP contribution in [0.5, 0.6) is 6.01 Å². The van der Waals surface area contributed by atoms with Crippen molar-refractivity contribution < 1.29 is 9.53 Å². The summed E-state index contributed by atoms with van der Waals surface area (Å²) in [6.45, 7) is 5.80. The van der Waals surface area contributed by atoms with Gasteiger partial charge in [-0.3, -0.25) is 4.79 Å². The van der Waals surface area contributed by atoms with Crippen LogP contribution in [-0.2, 0) is 4.79 Å². The van der Waals surface area contributed by atoms with Gasteiger partial charge in [0, 0.05) is 17.3 Å². The van der Waals surface area contributed by atoms with Gasteiger partial charge in [-0.1, -0.05) is 6.58 Å². The standard InChI is InChI=1S/C13H13N3O2/c1-3-12(17)15-10-5-6-11-9(7-10)8-14-13(16-11)18-4-2/h3,5-8H,1,4H2,2H3,(H,15,17). The first-order valence-corrected chi connectivity index (χ1v) is 5.56. The van der Waals surface area contributed by atoms with Crippen LogP contribution in [0.3, 0.4) is 0 Å². The summed E-state index contributed by atoms with van der Waals surface area (Å²) in [4.78, 5) is 19.5. The number of carbonyl (C=O) groups excluding carboxylic acids is 1. The van der Waals surface area contributed by atoms with E-state index in [4.69, 9.17) is 4.74 Å². The number of nitrogens with one attached hydrogen (secondary N) is 1. The van der Waals surface area contributed by atoms with Crippen molar-refractivity contribution in [1.82, 2.24) is 9.97 Å². The second kappa shape index (κ2) is 5.27. The molecule has 0 aliphatic heterocycles. The van der Waals surface area contributed by atoms with Gasteiger partial charge in [0.1, 0.15) is 0 Å². The van der Waals surface area contributed by atoms with Gasteiger partial charge in [0.05, 0.1) is 12.1 Å². The summed E-state index contributed by atoms with van der Waals surface area (Å²) in [6.07, 6.45) is 2.88. The van der Waals surface area contributed by atoms with Gasteiger partial charge in [-0.25, -0.2) is 4.98 Å². The SMILES string of the molecule is C=CC(=O)Nc1ccc2nc(OCC)ncc2c1. The number of hydrogen-bond acceptors (Lipinski definition) is 4. The highest BCUT2D eigenvalue weighted by Crippen LogP contribution is 2.18. The van der Waals surface area contributed by atoms with Crippen molar-refractivity contribution >= 4 is 22.5 Å². The third-order valence-electron chi connectivity index (χ3n) is 2.28. The highest BCUT2D eigenvalue weighted by atomic mass is 16.5. The quantitative estimate of drug-likeness (QED) is 0.836. The topological polar surface area (TPSA) is 64.1 Å². The van der Waals surface area contributed by atoms with E-state index in [9.17, 15) is 4.79 Å². The maximum Gasteiger partial charge on any atom is 0.316 e. The van der Waals surface area contributed by atoms with Gasteiger partial charge in [0.25, 0.3) is 0 Å². The molecule has 0 radical (unpaired) electrons. The second-order valence-corrected chi connectivity index (χ2v) is 3.55. The number of nitrogens with zero attached hydrogens (tertiary/aromatic N) is 2. The minimum atomic E-state index is -0.249. The molecule has 0 aliphatic carbocycles. The fourth-order valence-corrected chi connectivity index (χ4v) is 1.49. The number of anilines is 1. The van der Waals surface area contributed by atoms with Crippen molar-refractivity contribution in [2.45, 2.75) is 6.92 Å². The molecule has 0 atom stereocenters. The van der Waals surface area contributed by atoms with Crippen LogP contribution >= 0.6 is 0 Å².